The number of allylic oxidation sites excluding steroid dienone is 1. The number of dihydropyridines is 1. The topological polar surface area (TPSA) is 96.6 Å². The second-order valence-electron chi connectivity index (χ2n) is 8.66. The Morgan fingerprint density at radius 3 is 2.77 bits per heavy atom. The van der Waals surface area contributed by atoms with E-state index in [4.69, 9.17) is 14.2 Å². The first-order valence-electron chi connectivity index (χ1n) is 12.1. The highest BCUT2D eigenvalue weighted by molar-refractivity contribution is 5.88. The molecule has 2 aliphatic heterocycles. The summed E-state index contributed by atoms with van der Waals surface area (Å²) in [5.74, 6) is 2.36. The minimum Gasteiger partial charge on any atom is -0.492 e. The minimum atomic E-state index is 0.352. The van der Waals surface area contributed by atoms with Crippen molar-refractivity contribution in [1.29, 1.82) is 0 Å². The van der Waals surface area contributed by atoms with Crippen LogP contribution in [0.15, 0.2) is 48.4 Å². The van der Waals surface area contributed by atoms with Crippen molar-refractivity contribution in [2.24, 2.45) is 0 Å². The van der Waals surface area contributed by atoms with E-state index in [1.54, 1.807) is 0 Å². The highest BCUT2D eigenvalue weighted by Gasteiger charge is 2.16. The quantitative estimate of drug-likeness (QED) is 0.400. The molecule has 1 aromatic carbocycles. The molecule has 1 saturated heterocycles. The molecule has 0 aliphatic carbocycles. The lowest BCUT2D eigenvalue weighted by Gasteiger charge is -2.28. The fourth-order valence-electron chi connectivity index (χ4n) is 4.14. The van der Waals surface area contributed by atoms with Crippen molar-refractivity contribution in [3.05, 3.63) is 59.6 Å². The normalized spacial score (nSPS) is 15.6. The number of hydrogen-bond acceptors (Lipinski definition) is 8. The number of ether oxygens (including phenoxy) is 3. The van der Waals surface area contributed by atoms with Crippen LogP contribution in [-0.2, 0) is 9.47 Å². The molecule has 0 atom stereocenters. The fraction of sp³-hybridized carbons (Fsp3) is 0.385. The third-order valence-corrected chi connectivity index (χ3v) is 6.16. The largest absolute Gasteiger partial charge is 0.492 e. The van der Waals surface area contributed by atoms with E-state index in [-0.39, 0.29) is 0 Å². The lowest BCUT2D eigenvalue weighted by Crippen LogP contribution is -2.36. The van der Waals surface area contributed by atoms with Crippen LogP contribution in [0.25, 0.3) is 10.9 Å². The summed E-state index contributed by atoms with van der Waals surface area (Å²) in [6, 6.07) is 8.60. The zero-order valence-corrected chi connectivity index (χ0v) is 20.3. The summed E-state index contributed by atoms with van der Waals surface area (Å²) >= 11 is 0. The van der Waals surface area contributed by atoms with Gasteiger partial charge in [-0.05, 0) is 43.7 Å². The van der Waals surface area contributed by atoms with Crippen LogP contribution in [0.4, 0.5) is 17.3 Å². The summed E-state index contributed by atoms with van der Waals surface area (Å²) in [5.41, 5.74) is 4.53. The van der Waals surface area contributed by atoms with E-state index < -0.39 is 0 Å². The van der Waals surface area contributed by atoms with E-state index in [2.05, 4.69) is 62.5 Å². The van der Waals surface area contributed by atoms with E-state index in [9.17, 15) is 0 Å². The highest BCUT2D eigenvalue weighted by Crippen LogP contribution is 2.28. The van der Waals surface area contributed by atoms with Gasteiger partial charge in [0.1, 0.15) is 17.4 Å². The maximum absolute atomic E-state index is 5.94. The van der Waals surface area contributed by atoms with Crippen molar-refractivity contribution in [1.82, 2.24) is 20.3 Å². The van der Waals surface area contributed by atoms with Gasteiger partial charge in [-0.1, -0.05) is 6.08 Å². The predicted molar refractivity (Wildman–Crippen MR) is 137 cm³/mol. The van der Waals surface area contributed by atoms with Crippen LogP contribution >= 0.6 is 0 Å². The van der Waals surface area contributed by atoms with Crippen molar-refractivity contribution in [2.45, 2.75) is 20.3 Å². The average Bonchev–Trinajstić information content (AvgIpc) is 3.17. The van der Waals surface area contributed by atoms with Gasteiger partial charge < -0.3 is 34.7 Å². The molecule has 0 radical (unpaired) electrons. The number of benzene rings is 1. The third-order valence-electron chi connectivity index (χ3n) is 6.16. The first-order chi connectivity index (χ1) is 17.2. The van der Waals surface area contributed by atoms with Gasteiger partial charge in [0, 0.05) is 60.6 Å². The number of aryl methyl sites for hydroxylation is 2. The molecular formula is C26H32N6O3. The Morgan fingerprint density at radius 1 is 1.09 bits per heavy atom. The Balaban J connectivity index is 1.29. The number of aromatic amines is 1. The molecule has 0 amide bonds. The summed E-state index contributed by atoms with van der Waals surface area (Å²) in [6.45, 7) is 9.02. The molecule has 1 fully saturated rings. The second kappa shape index (κ2) is 10.7. The van der Waals surface area contributed by atoms with Crippen molar-refractivity contribution in [2.75, 3.05) is 56.3 Å². The number of aromatic nitrogens is 3. The maximum Gasteiger partial charge on any atom is 0.320 e. The lowest BCUT2D eigenvalue weighted by atomic mass is 10.1. The van der Waals surface area contributed by atoms with Crippen LogP contribution in [0.2, 0.25) is 0 Å². The predicted octanol–water partition coefficient (Wildman–Crippen LogP) is 3.94. The molecule has 2 aromatic heterocycles. The van der Waals surface area contributed by atoms with E-state index >= 15 is 0 Å². The summed E-state index contributed by atoms with van der Waals surface area (Å²) in [7, 11) is 0. The SMILES string of the molecule is Cc1[nH]c2ccc(Nc3cc(N4CCOCC4)nc(OCCCOC4=CNCC=C4)n3)cc2c1C. The first-order valence-corrected chi connectivity index (χ1v) is 12.1. The van der Waals surface area contributed by atoms with E-state index in [1.807, 2.05) is 24.4 Å². The standard InChI is InChI=1S/C26H32N6O3/c1-18-19(2)28-23-7-6-20(15-22(18)23)29-24-16-25(32-9-13-33-14-10-32)31-26(30-24)35-12-4-11-34-21-5-3-8-27-17-21/h3,5-7,15-17,27-28H,4,8-14H2,1-2H3,(H,29,30,31). The first kappa shape index (κ1) is 23.0. The molecule has 35 heavy (non-hydrogen) atoms. The molecule has 0 bridgehead atoms. The van der Waals surface area contributed by atoms with Gasteiger partial charge >= 0.3 is 6.01 Å². The Bertz CT molecular complexity index is 1230. The summed E-state index contributed by atoms with van der Waals surface area (Å²) in [5, 5.41) is 7.78. The molecule has 0 saturated carbocycles. The van der Waals surface area contributed by atoms with Gasteiger partial charge in [0.05, 0.1) is 26.4 Å². The van der Waals surface area contributed by atoms with Crippen LogP contribution < -0.4 is 20.3 Å². The smallest absolute Gasteiger partial charge is 0.320 e. The fourth-order valence-corrected chi connectivity index (χ4v) is 4.14. The number of morpholine rings is 1. The van der Waals surface area contributed by atoms with E-state index in [1.165, 1.54) is 16.6 Å². The Hall–Kier alpha value is -3.72. The number of nitrogens with zero attached hydrogens (tertiary/aromatic N) is 3. The van der Waals surface area contributed by atoms with Crippen LogP contribution in [0.5, 0.6) is 6.01 Å². The number of anilines is 3. The Morgan fingerprint density at radius 2 is 1.94 bits per heavy atom. The van der Waals surface area contributed by atoms with Crippen molar-refractivity contribution in [3.8, 4) is 6.01 Å². The Labute approximate surface area is 205 Å². The number of hydrogen-bond donors (Lipinski definition) is 3. The Kier molecular flexibility index (Phi) is 7.04. The van der Waals surface area contributed by atoms with Crippen molar-refractivity contribution >= 4 is 28.2 Å². The number of H-pyrrole nitrogens is 1. The molecule has 184 valence electrons. The van der Waals surface area contributed by atoms with Gasteiger partial charge in [-0.3, -0.25) is 0 Å². The van der Waals surface area contributed by atoms with Crippen LogP contribution in [0, 0.1) is 13.8 Å². The molecular weight excluding hydrogens is 444 g/mol. The molecule has 9 nitrogen and oxygen atoms in total. The average molecular weight is 477 g/mol. The summed E-state index contributed by atoms with van der Waals surface area (Å²) in [6.07, 6.45) is 6.60. The van der Waals surface area contributed by atoms with Crippen LogP contribution in [-0.4, -0.2) is 61.0 Å². The summed E-state index contributed by atoms with van der Waals surface area (Å²) < 4.78 is 17.2. The molecule has 3 N–H and O–H groups in total. The highest BCUT2D eigenvalue weighted by atomic mass is 16.5. The van der Waals surface area contributed by atoms with Gasteiger partial charge in [-0.2, -0.15) is 9.97 Å². The molecule has 9 heteroatoms. The van der Waals surface area contributed by atoms with Crippen molar-refractivity contribution < 1.29 is 14.2 Å². The van der Waals surface area contributed by atoms with Gasteiger partial charge in [-0.25, -0.2) is 0 Å². The minimum absolute atomic E-state index is 0.352. The number of rotatable bonds is 9. The molecule has 5 rings (SSSR count). The van der Waals surface area contributed by atoms with Crippen molar-refractivity contribution in [3.63, 3.8) is 0 Å². The third kappa shape index (κ3) is 5.68. The van der Waals surface area contributed by atoms with Gasteiger partial charge in [0.25, 0.3) is 0 Å². The summed E-state index contributed by atoms with van der Waals surface area (Å²) in [4.78, 5) is 14.9. The second-order valence-corrected chi connectivity index (χ2v) is 8.66. The van der Waals surface area contributed by atoms with Gasteiger partial charge in [0.2, 0.25) is 0 Å². The van der Waals surface area contributed by atoms with Gasteiger partial charge in [0.15, 0.2) is 0 Å². The molecule has 2 aliphatic rings. The molecule has 3 aromatic rings. The zero-order chi connectivity index (χ0) is 24.0. The lowest BCUT2D eigenvalue weighted by molar-refractivity contribution is 0.122. The van der Waals surface area contributed by atoms with Crippen LogP contribution in [0.3, 0.4) is 0 Å². The zero-order valence-electron chi connectivity index (χ0n) is 20.3. The van der Waals surface area contributed by atoms with Crippen LogP contribution in [0.1, 0.15) is 17.7 Å². The molecule has 0 unspecified atom stereocenters. The van der Waals surface area contributed by atoms with Gasteiger partial charge in [-0.15, -0.1) is 0 Å². The van der Waals surface area contributed by atoms with E-state index in [0.717, 1.165) is 48.8 Å². The molecule has 4 heterocycles. The van der Waals surface area contributed by atoms with E-state index in [0.29, 0.717) is 38.3 Å². The maximum atomic E-state index is 5.94. The number of nitrogens with one attached hydrogen (secondary N) is 3. The number of fused-ring (bicyclic) bond motifs is 1. The molecule has 0 spiro atoms. The monoisotopic (exact) mass is 476 g/mol.